The lowest BCUT2D eigenvalue weighted by molar-refractivity contribution is 0.412. The summed E-state index contributed by atoms with van der Waals surface area (Å²) in [7, 11) is 1.59. The van der Waals surface area contributed by atoms with Crippen LogP contribution in [0.25, 0.3) is 10.4 Å². The average Bonchev–Trinajstić information content (AvgIpc) is 2.16. The number of methoxy groups -OCH3 is 1. The Morgan fingerprint density at radius 1 is 1.69 bits per heavy atom. The van der Waals surface area contributed by atoms with Gasteiger partial charge in [0.1, 0.15) is 5.75 Å². The van der Waals surface area contributed by atoms with Gasteiger partial charge in [-0.15, -0.1) is 0 Å². The number of azide groups is 1. The highest BCUT2D eigenvalue weighted by atomic mass is 16.5. The van der Waals surface area contributed by atoms with Gasteiger partial charge in [0.05, 0.1) is 19.9 Å². The molecule has 0 aliphatic heterocycles. The molecule has 0 saturated carbocycles. The van der Waals surface area contributed by atoms with Crippen molar-refractivity contribution >= 4 is 0 Å². The van der Waals surface area contributed by atoms with E-state index in [1.807, 2.05) is 13.0 Å². The van der Waals surface area contributed by atoms with E-state index in [0.717, 1.165) is 11.3 Å². The molecule has 13 heavy (non-hydrogen) atoms. The van der Waals surface area contributed by atoms with Crippen LogP contribution >= 0.6 is 0 Å². The van der Waals surface area contributed by atoms with Crippen LogP contribution in [0.15, 0.2) is 17.4 Å². The molecule has 0 unspecified atom stereocenters. The molecular weight excluding hydrogens is 168 g/mol. The van der Waals surface area contributed by atoms with Crippen LogP contribution in [0.5, 0.6) is 5.75 Å². The number of hydrogen-bond donors (Lipinski definition) is 0. The van der Waals surface area contributed by atoms with E-state index in [9.17, 15) is 0 Å². The largest absolute Gasteiger partial charge is 0.495 e. The van der Waals surface area contributed by atoms with Crippen molar-refractivity contribution in [3.05, 3.63) is 34.0 Å². The van der Waals surface area contributed by atoms with Crippen LogP contribution in [0.4, 0.5) is 0 Å². The van der Waals surface area contributed by atoms with Crippen molar-refractivity contribution in [3.8, 4) is 5.75 Å². The Kier molecular flexibility index (Phi) is 3.11. The quantitative estimate of drug-likeness (QED) is 0.404. The molecule has 1 rings (SSSR count). The van der Waals surface area contributed by atoms with Crippen LogP contribution in [-0.4, -0.2) is 12.1 Å². The van der Waals surface area contributed by atoms with Gasteiger partial charge < -0.3 is 4.74 Å². The maximum Gasteiger partial charge on any atom is 0.137 e. The van der Waals surface area contributed by atoms with Gasteiger partial charge in [0.2, 0.25) is 0 Å². The van der Waals surface area contributed by atoms with Gasteiger partial charge in [-0.05, 0) is 24.1 Å². The molecule has 68 valence electrons. The highest BCUT2D eigenvalue weighted by molar-refractivity contribution is 5.28. The Morgan fingerprint density at radius 2 is 2.46 bits per heavy atom. The normalized spacial score (nSPS) is 9.08. The number of pyridine rings is 1. The van der Waals surface area contributed by atoms with Crippen molar-refractivity contribution in [3.63, 3.8) is 0 Å². The smallest absolute Gasteiger partial charge is 0.137 e. The minimum Gasteiger partial charge on any atom is -0.495 e. The topological polar surface area (TPSA) is 70.9 Å². The molecule has 0 N–H and O–H groups in total. The highest BCUT2D eigenvalue weighted by Crippen LogP contribution is 2.14. The Labute approximate surface area is 76.0 Å². The van der Waals surface area contributed by atoms with E-state index in [1.54, 1.807) is 13.3 Å². The van der Waals surface area contributed by atoms with E-state index in [1.165, 1.54) is 0 Å². The van der Waals surface area contributed by atoms with E-state index in [0.29, 0.717) is 5.75 Å². The first-order valence-corrected chi connectivity index (χ1v) is 3.78. The van der Waals surface area contributed by atoms with Gasteiger partial charge in [-0.3, -0.25) is 4.98 Å². The molecule has 0 fully saturated rings. The second-order valence-electron chi connectivity index (χ2n) is 2.53. The summed E-state index contributed by atoms with van der Waals surface area (Å²) in [5, 5.41) is 3.44. The molecular formula is C8H10N4O. The minimum absolute atomic E-state index is 0.284. The number of ether oxygens (including phenoxy) is 1. The van der Waals surface area contributed by atoms with Gasteiger partial charge in [-0.1, -0.05) is 5.11 Å². The zero-order valence-corrected chi connectivity index (χ0v) is 7.56. The first-order valence-electron chi connectivity index (χ1n) is 3.78. The van der Waals surface area contributed by atoms with Crippen LogP contribution in [0.1, 0.15) is 11.3 Å². The molecule has 0 aromatic carbocycles. The van der Waals surface area contributed by atoms with Crippen LogP contribution < -0.4 is 4.74 Å². The predicted octanol–water partition coefficient (Wildman–Crippen LogP) is 2.21. The molecule has 0 aliphatic rings. The molecule has 0 bridgehead atoms. The third-order valence-electron chi connectivity index (χ3n) is 1.68. The fourth-order valence-electron chi connectivity index (χ4n) is 0.953. The third-order valence-corrected chi connectivity index (χ3v) is 1.68. The van der Waals surface area contributed by atoms with E-state index in [4.69, 9.17) is 10.3 Å². The maximum atomic E-state index is 8.13. The van der Waals surface area contributed by atoms with Gasteiger partial charge in [0, 0.05) is 10.6 Å². The lowest BCUT2D eigenvalue weighted by Gasteiger charge is -2.03. The second-order valence-corrected chi connectivity index (χ2v) is 2.53. The van der Waals surface area contributed by atoms with Crippen molar-refractivity contribution < 1.29 is 4.74 Å². The Hall–Kier alpha value is -1.74. The van der Waals surface area contributed by atoms with Crippen LogP contribution in [0.2, 0.25) is 0 Å². The summed E-state index contributed by atoms with van der Waals surface area (Å²) in [4.78, 5) is 6.77. The molecule has 0 spiro atoms. The summed E-state index contributed by atoms with van der Waals surface area (Å²) in [5.74, 6) is 0.710. The van der Waals surface area contributed by atoms with E-state index in [-0.39, 0.29) is 6.54 Å². The van der Waals surface area contributed by atoms with Gasteiger partial charge in [0.15, 0.2) is 0 Å². The molecule has 0 saturated heterocycles. The summed E-state index contributed by atoms with van der Waals surface area (Å²) >= 11 is 0. The number of hydrogen-bond acceptors (Lipinski definition) is 3. The average molecular weight is 178 g/mol. The molecule has 0 aliphatic carbocycles. The Balaban J connectivity index is 2.91. The van der Waals surface area contributed by atoms with Crippen LogP contribution in [0.3, 0.4) is 0 Å². The zero-order valence-electron chi connectivity index (χ0n) is 7.56. The van der Waals surface area contributed by atoms with Crippen LogP contribution in [0, 0.1) is 6.92 Å². The molecule has 0 atom stereocenters. The molecule has 1 aromatic heterocycles. The van der Waals surface area contributed by atoms with Gasteiger partial charge in [-0.2, -0.15) is 0 Å². The fourth-order valence-corrected chi connectivity index (χ4v) is 0.953. The Morgan fingerprint density at radius 3 is 3.00 bits per heavy atom. The third kappa shape index (κ3) is 2.35. The van der Waals surface area contributed by atoms with Gasteiger partial charge >= 0.3 is 0 Å². The lowest BCUT2D eigenvalue weighted by Crippen LogP contribution is -1.93. The van der Waals surface area contributed by atoms with Crippen molar-refractivity contribution in [2.45, 2.75) is 13.5 Å². The molecule has 5 nitrogen and oxygen atoms in total. The number of aryl methyl sites for hydroxylation is 1. The van der Waals surface area contributed by atoms with Crippen LogP contribution in [-0.2, 0) is 6.54 Å². The minimum atomic E-state index is 0.284. The first-order chi connectivity index (χ1) is 6.27. The summed E-state index contributed by atoms with van der Waals surface area (Å²) in [5.41, 5.74) is 9.87. The fraction of sp³-hybridized carbons (Fsp3) is 0.375. The Bertz CT molecular complexity index is 344. The molecule has 5 heteroatoms. The molecule has 0 amide bonds. The van der Waals surface area contributed by atoms with Crippen molar-refractivity contribution in [2.75, 3.05) is 7.11 Å². The summed E-state index contributed by atoms with van der Waals surface area (Å²) in [6.07, 6.45) is 1.61. The van der Waals surface area contributed by atoms with Gasteiger partial charge in [0.25, 0.3) is 0 Å². The zero-order chi connectivity index (χ0) is 9.68. The molecule has 1 aromatic rings. The SMILES string of the molecule is COc1cnc(CN=[N+]=[N-])c(C)c1. The first kappa shape index (κ1) is 9.35. The standard InChI is InChI=1S/C8H10N4O/c1-6-3-7(13-2)4-10-8(6)5-11-12-9/h3-4H,5H2,1-2H3. The molecule has 0 radical (unpaired) electrons. The predicted molar refractivity (Wildman–Crippen MR) is 48.4 cm³/mol. The number of aromatic nitrogens is 1. The maximum absolute atomic E-state index is 8.13. The van der Waals surface area contributed by atoms with E-state index >= 15 is 0 Å². The highest BCUT2D eigenvalue weighted by Gasteiger charge is 1.99. The van der Waals surface area contributed by atoms with E-state index in [2.05, 4.69) is 15.0 Å². The monoisotopic (exact) mass is 178 g/mol. The summed E-state index contributed by atoms with van der Waals surface area (Å²) < 4.78 is 4.99. The number of nitrogens with zero attached hydrogens (tertiary/aromatic N) is 4. The van der Waals surface area contributed by atoms with Crippen molar-refractivity contribution in [1.29, 1.82) is 0 Å². The van der Waals surface area contributed by atoms with Crippen molar-refractivity contribution in [2.24, 2.45) is 5.11 Å². The second kappa shape index (κ2) is 4.33. The van der Waals surface area contributed by atoms with Gasteiger partial charge in [-0.25, -0.2) is 0 Å². The summed E-state index contributed by atoms with van der Waals surface area (Å²) in [6, 6.07) is 1.86. The summed E-state index contributed by atoms with van der Waals surface area (Å²) in [6.45, 7) is 2.18. The number of rotatable bonds is 3. The lowest BCUT2D eigenvalue weighted by atomic mass is 10.2. The van der Waals surface area contributed by atoms with Crippen molar-refractivity contribution in [1.82, 2.24) is 4.98 Å². The van der Waals surface area contributed by atoms with E-state index < -0.39 is 0 Å². The molecule has 1 heterocycles.